The van der Waals surface area contributed by atoms with Gasteiger partial charge in [0.05, 0.1) is 31.7 Å². The van der Waals surface area contributed by atoms with Crippen LogP contribution >= 0.6 is 23.2 Å². The zero-order valence-electron chi connectivity index (χ0n) is 27.4. The molecule has 5 nitrogen and oxygen atoms in total. The fourth-order valence-corrected chi connectivity index (χ4v) is 6.96. The molecule has 3 rings (SSSR count). The molecule has 262 valence electrons. The fraction of sp³-hybridized carbons (Fsp3) is 0.459. The Morgan fingerprint density at radius 2 is 1.21 bits per heavy atom. The van der Waals surface area contributed by atoms with E-state index in [4.69, 9.17) is 37.4 Å². The molecule has 0 aromatic heterocycles. The van der Waals surface area contributed by atoms with Crippen molar-refractivity contribution in [1.82, 2.24) is 0 Å². The number of halogens is 5. The first kappa shape index (κ1) is 39.4. The zero-order valence-corrected chi connectivity index (χ0v) is 30.3. The van der Waals surface area contributed by atoms with E-state index >= 15 is 0 Å². The number of ether oxygens (including phenoxy) is 3. The van der Waals surface area contributed by atoms with Crippen LogP contribution < -0.4 is 9.47 Å². The molecule has 0 heterocycles. The largest absolute Gasteiger partial charge is 0.494 e. The van der Waals surface area contributed by atoms with Crippen molar-refractivity contribution in [2.24, 2.45) is 0 Å². The summed E-state index contributed by atoms with van der Waals surface area (Å²) in [4.78, 5) is 25.2. The summed E-state index contributed by atoms with van der Waals surface area (Å²) in [7, 11) is -0.355. The molecule has 0 N–H and O–H groups in total. The lowest BCUT2D eigenvalue weighted by molar-refractivity contribution is -0.206. The smallest absolute Gasteiger partial charge is 0.425 e. The predicted octanol–water partition coefficient (Wildman–Crippen LogP) is 10.7. The van der Waals surface area contributed by atoms with Crippen molar-refractivity contribution in [2.75, 3.05) is 6.61 Å². The van der Waals surface area contributed by atoms with Crippen molar-refractivity contribution in [1.29, 1.82) is 0 Å². The third kappa shape index (κ3) is 14.6. The first-order chi connectivity index (χ1) is 23.1. The van der Waals surface area contributed by atoms with Gasteiger partial charge in [0.25, 0.3) is 0 Å². The van der Waals surface area contributed by atoms with Crippen LogP contribution in [0.25, 0.3) is 11.1 Å². The van der Waals surface area contributed by atoms with E-state index < -0.39 is 24.2 Å². The average Bonchev–Trinajstić information content (AvgIpc) is 3.07. The van der Waals surface area contributed by atoms with Gasteiger partial charge in [-0.3, -0.25) is 0 Å². The van der Waals surface area contributed by atoms with Crippen LogP contribution in [0.3, 0.4) is 0 Å². The topological polar surface area (TPSA) is 61.8 Å². The van der Waals surface area contributed by atoms with Crippen LogP contribution in [0.15, 0.2) is 72.8 Å². The Bertz CT molecular complexity index is 1370. The van der Waals surface area contributed by atoms with Crippen LogP contribution in [-0.2, 0) is 4.74 Å². The number of carbonyl (C=O) groups excluding carboxylic acids is 2. The Labute approximate surface area is 294 Å². The maximum absolute atomic E-state index is 13.5. The lowest BCUT2D eigenvalue weighted by Crippen LogP contribution is -2.33. The number of unbranched alkanes of at least 4 members (excludes halogenated alkanes) is 8. The van der Waals surface area contributed by atoms with E-state index in [2.05, 4.69) is 6.92 Å². The number of carbonyl (C=O) groups is 2. The van der Waals surface area contributed by atoms with Gasteiger partial charge < -0.3 is 14.2 Å². The van der Waals surface area contributed by atoms with Gasteiger partial charge >= 0.3 is 18.1 Å². The summed E-state index contributed by atoms with van der Waals surface area (Å²) in [6.07, 6.45) is 2.28. The minimum absolute atomic E-state index is 0.0615. The lowest BCUT2D eigenvalue weighted by atomic mass is 10.0. The van der Waals surface area contributed by atoms with Crippen molar-refractivity contribution < 1.29 is 37.0 Å². The minimum Gasteiger partial charge on any atom is -0.494 e. The Kier molecular flexibility index (Phi) is 17.4. The van der Waals surface area contributed by atoms with E-state index in [0.29, 0.717) is 25.0 Å². The molecular weight excluding hydrogens is 680 g/mol. The molecule has 0 bridgehead atoms. The average molecular weight is 726 g/mol. The molecule has 0 saturated carbocycles. The number of benzene rings is 3. The van der Waals surface area contributed by atoms with Crippen molar-refractivity contribution in [3.8, 4) is 22.6 Å². The van der Waals surface area contributed by atoms with Gasteiger partial charge in [0.2, 0.25) is 0 Å². The fourth-order valence-electron chi connectivity index (χ4n) is 5.09. The molecule has 0 aliphatic heterocycles. The van der Waals surface area contributed by atoms with E-state index in [1.54, 1.807) is 12.1 Å². The lowest BCUT2D eigenvalue weighted by Gasteiger charge is -2.20. The highest BCUT2D eigenvalue weighted by Crippen LogP contribution is 2.29. The summed E-state index contributed by atoms with van der Waals surface area (Å²) in [6.45, 7) is 2.73. The highest BCUT2D eigenvalue weighted by atomic mass is 35.5. The van der Waals surface area contributed by atoms with Gasteiger partial charge in [0.1, 0.15) is 11.5 Å². The first-order valence-electron chi connectivity index (χ1n) is 16.8. The molecule has 3 aromatic carbocycles. The molecule has 48 heavy (non-hydrogen) atoms. The SMILES string of the molecule is CCCCCCCCC(OC(=O)c1ccc(OC(=O)c2ccc(-c3ccc(OCCCCCC[SiH2]C(Cl)Cl)cc3)cc2)cc1)C(F)(F)F. The second-order valence-corrected chi connectivity index (χ2v) is 16.2. The summed E-state index contributed by atoms with van der Waals surface area (Å²) in [5, 5.41) is 0. The van der Waals surface area contributed by atoms with Crippen molar-refractivity contribution in [2.45, 2.75) is 100 Å². The van der Waals surface area contributed by atoms with Gasteiger partial charge in [-0.05, 0) is 78.9 Å². The highest BCUT2D eigenvalue weighted by molar-refractivity contribution is 6.68. The van der Waals surface area contributed by atoms with Gasteiger partial charge in [-0.1, -0.05) is 88.6 Å². The Morgan fingerprint density at radius 3 is 1.83 bits per heavy atom. The second kappa shape index (κ2) is 21.2. The van der Waals surface area contributed by atoms with Crippen LogP contribution in [0.4, 0.5) is 13.2 Å². The van der Waals surface area contributed by atoms with Crippen LogP contribution in [-0.4, -0.2) is 44.8 Å². The molecular formula is C37H45Cl2F3O5Si. The number of rotatable bonds is 21. The first-order valence-corrected chi connectivity index (χ1v) is 19.5. The van der Waals surface area contributed by atoms with E-state index in [1.807, 2.05) is 36.4 Å². The summed E-state index contributed by atoms with van der Waals surface area (Å²) in [5.41, 5.74) is 2.13. The second-order valence-electron chi connectivity index (χ2n) is 11.8. The molecule has 11 heteroatoms. The van der Waals surface area contributed by atoms with Gasteiger partial charge in [-0.25, -0.2) is 9.59 Å². The van der Waals surface area contributed by atoms with Crippen LogP contribution in [0.1, 0.15) is 98.3 Å². The summed E-state index contributed by atoms with van der Waals surface area (Å²) >= 11 is 11.6. The number of alkyl halides is 5. The van der Waals surface area contributed by atoms with E-state index in [1.165, 1.54) is 36.7 Å². The standard InChI is InChI=1S/C37H45Cl2F3O5Si/c1-2-3-4-5-6-9-12-33(37(40,41)42)47-35(44)30-19-23-32(24-20-30)46-34(43)29-15-13-27(14-16-29)28-17-21-31(22-18-28)45-25-10-7-8-11-26-48-36(38)39/h13-24,33,36H,2-12,25-26,48H2,1H3. The van der Waals surface area contributed by atoms with Crippen LogP contribution in [0.2, 0.25) is 6.04 Å². The monoisotopic (exact) mass is 724 g/mol. The summed E-state index contributed by atoms with van der Waals surface area (Å²) in [6, 6.07) is 21.1. The number of hydrogen-bond acceptors (Lipinski definition) is 5. The zero-order chi connectivity index (χ0) is 34.8. The Morgan fingerprint density at radius 1 is 0.688 bits per heavy atom. The van der Waals surface area contributed by atoms with Gasteiger partial charge in [-0.2, -0.15) is 13.2 Å². The number of esters is 2. The van der Waals surface area contributed by atoms with Crippen molar-refractivity contribution in [3.05, 3.63) is 83.9 Å². The van der Waals surface area contributed by atoms with Gasteiger partial charge in [0, 0.05) is 0 Å². The summed E-state index contributed by atoms with van der Waals surface area (Å²) in [5.74, 6) is -0.742. The van der Waals surface area contributed by atoms with Crippen molar-refractivity contribution in [3.63, 3.8) is 0 Å². The van der Waals surface area contributed by atoms with Gasteiger partial charge in [0.15, 0.2) is 6.10 Å². The maximum atomic E-state index is 13.5. The minimum atomic E-state index is -4.65. The molecule has 0 fully saturated rings. The number of hydrogen-bond donors (Lipinski definition) is 0. The highest BCUT2D eigenvalue weighted by Gasteiger charge is 2.42. The van der Waals surface area contributed by atoms with E-state index in [-0.39, 0.29) is 31.7 Å². The third-order valence-corrected chi connectivity index (χ3v) is 10.5. The normalized spacial score (nSPS) is 12.4. The molecule has 0 radical (unpaired) electrons. The van der Waals surface area contributed by atoms with E-state index in [0.717, 1.165) is 61.8 Å². The molecule has 0 aliphatic rings. The molecule has 1 atom stereocenters. The van der Waals surface area contributed by atoms with E-state index in [9.17, 15) is 22.8 Å². The van der Waals surface area contributed by atoms with Crippen LogP contribution in [0.5, 0.6) is 11.5 Å². The molecule has 0 saturated heterocycles. The molecule has 0 aliphatic carbocycles. The molecule has 0 spiro atoms. The van der Waals surface area contributed by atoms with Gasteiger partial charge in [-0.15, -0.1) is 23.2 Å². The Balaban J connectivity index is 1.44. The van der Waals surface area contributed by atoms with Crippen molar-refractivity contribution >= 4 is 44.7 Å². The van der Waals surface area contributed by atoms with Crippen LogP contribution in [0, 0.1) is 0 Å². The molecule has 0 amide bonds. The quantitative estimate of drug-likeness (QED) is 0.0360. The molecule has 1 unspecified atom stereocenters. The maximum Gasteiger partial charge on any atom is 0.425 e. The third-order valence-electron chi connectivity index (χ3n) is 7.88. The Hall–Kier alpha value is -3.01. The molecule has 3 aromatic rings. The summed E-state index contributed by atoms with van der Waals surface area (Å²) < 4.78 is 56.4. The predicted molar refractivity (Wildman–Crippen MR) is 189 cm³/mol.